The normalized spacial score (nSPS) is 18.9. The fraction of sp³-hybridized carbons (Fsp3) is 0.316. The predicted molar refractivity (Wildman–Crippen MR) is 104 cm³/mol. The van der Waals surface area contributed by atoms with Crippen molar-refractivity contribution in [3.05, 3.63) is 48.0 Å². The third-order valence-electron chi connectivity index (χ3n) is 4.39. The summed E-state index contributed by atoms with van der Waals surface area (Å²) >= 11 is 0. The maximum Gasteiger partial charge on any atom is 0.286 e. The fourth-order valence-corrected chi connectivity index (χ4v) is 3.13. The van der Waals surface area contributed by atoms with Crippen LogP contribution in [0.25, 0.3) is 0 Å². The number of halogens is 1. The molecule has 3 rings (SSSR count). The maximum absolute atomic E-state index is 13.8. The van der Waals surface area contributed by atoms with Crippen molar-refractivity contribution in [2.75, 3.05) is 25.6 Å². The van der Waals surface area contributed by atoms with Crippen LogP contribution in [-0.4, -0.2) is 42.1 Å². The summed E-state index contributed by atoms with van der Waals surface area (Å²) in [7, 11) is 1.48. The maximum atomic E-state index is 13.8. The number of aryl methyl sites for hydroxylation is 1. The van der Waals surface area contributed by atoms with Crippen molar-refractivity contribution in [2.45, 2.75) is 20.3 Å². The van der Waals surface area contributed by atoms with Crippen molar-refractivity contribution in [2.24, 2.45) is 10.1 Å². The molecule has 0 spiro atoms. The first-order chi connectivity index (χ1) is 13.0. The molecule has 7 nitrogen and oxygen atoms in total. The van der Waals surface area contributed by atoms with Crippen LogP contribution >= 0.6 is 0 Å². The number of ether oxygens (including phenoxy) is 1. The summed E-state index contributed by atoms with van der Waals surface area (Å²) in [5, 5.41) is 17.3. The number of methoxy groups -OCH3 is 1. The van der Waals surface area contributed by atoms with Crippen molar-refractivity contribution in [1.29, 1.82) is 0 Å². The molecule has 1 aromatic heterocycles. The van der Waals surface area contributed by atoms with Gasteiger partial charge in [0.05, 0.1) is 20.1 Å². The van der Waals surface area contributed by atoms with Crippen LogP contribution < -0.4 is 14.6 Å². The summed E-state index contributed by atoms with van der Waals surface area (Å²) in [5.74, 6) is 1.03. The monoisotopic (exact) mass is 372 g/mol. The molecule has 0 fully saturated rings. The van der Waals surface area contributed by atoms with Gasteiger partial charge in [0.2, 0.25) is 5.84 Å². The standard InChI is InChI=1S/C19H23FN5O2/c1-4-25(16-5-7-21-13(2)9-16)18(6-8-26)23-19(24-25)22-15-10-14(20)11-17(12-15)27-3/h5,7,9-12,26H,4,6,8H2,1-3H3,(H,22,24)/q+1/t25-/m0/s1. The van der Waals surface area contributed by atoms with Gasteiger partial charge in [-0.2, -0.15) is 4.99 Å². The predicted octanol–water partition coefficient (Wildman–Crippen LogP) is 3.04. The Morgan fingerprint density at radius 1 is 1.26 bits per heavy atom. The Kier molecular flexibility index (Phi) is 5.48. The molecule has 0 amide bonds. The number of hydrogen-bond acceptors (Lipinski definition) is 6. The quantitative estimate of drug-likeness (QED) is 0.764. The number of aliphatic imine (C=N–C) groups is 1. The van der Waals surface area contributed by atoms with E-state index in [1.165, 1.54) is 19.2 Å². The summed E-state index contributed by atoms with van der Waals surface area (Å²) in [6.45, 7) is 4.48. The molecule has 27 heavy (non-hydrogen) atoms. The summed E-state index contributed by atoms with van der Waals surface area (Å²) in [4.78, 5) is 8.82. The largest absolute Gasteiger partial charge is 0.497 e. The van der Waals surface area contributed by atoms with E-state index in [-0.39, 0.29) is 11.2 Å². The molecule has 2 N–H and O–H groups in total. The second-order valence-electron chi connectivity index (χ2n) is 6.17. The number of aliphatic hydroxyl groups excluding tert-OH is 1. The number of nitrogens with zero attached hydrogens (tertiary/aromatic N) is 4. The first-order valence-corrected chi connectivity index (χ1v) is 8.73. The lowest BCUT2D eigenvalue weighted by Crippen LogP contribution is -2.47. The third-order valence-corrected chi connectivity index (χ3v) is 4.39. The Morgan fingerprint density at radius 2 is 2.07 bits per heavy atom. The van der Waals surface area contributed by atoms with E-state index < -0.39 is 5.82 Å². The Bertz CT molecular complexity index is 899. The topological polar surface area (TPSA) is 79.1 Å². The van der Waals surface area contributed by atoms with Crippen LogP contribution in [0.2, 0.25) is 0 Å². The van der Waals surface area contributed by atoms with Gasteiger partial charge in [-0.1, -0.05) is 0 Å². The van der Waals surface area contributed by atoms with Crippen LogP contribution in [0, 0.1) is 12.7 Å². The van der Waals surface area contributed by atoms with Gasteiger partial charge in [0, 0.05) is 41.8 Å². The molecule has 1 atom stereocenters. The molecule has 1 aliphatic heterocycles. The molecule has 0 saturated heterocycles. The molecule has 8 heteroatoms. The van der Waals surface area contributed by atoms with Crippen LogP contribution in [0.5, 0.6) is 5.75 Å². The van der Waals surface area contributed by atoms with Gasteiger partial charge in [0.1, 0.15) is 18.1 Å². The van der Waals surface area contributed by atoms with Gasteiger partial charge >= 0.3 is 0 Å². The highest BCUT2D eigenvalue weighted by molar-refractivity contribution is 6.10. The number of benzene rings is 1. The lowest BCUT2D eigenvalue weighted by atomic mass is 10.2. The minimum absolute atomic E-state index is 0.0422. The van der Waals surface area contributed by atoms with E-state index in [1.54, 1.807) is 12.3 Å². The fourth-order valence-electron chi connectivity index (χ4n) is 3.13. The van der Waals surface area contributed by atoms with Crippen LogP contribution in [0.3, 0.4) is 0 Å². The van der Waals surface area contributed by atoms with Crippen LogP contribution in [-0.2, 0) is 0 Å². The molecular formula is C19H23FN5O2+. The molecule has 2 aromatic rings. The van der Waals surface area contributed by atoms with Crippen molar-refractivity contribution in [3.8, 4) is 5.75 Å². The number of aromatic nitrogens is 1. The smallest absolute Gasteiger partial charge is 0.286 e. The highest BCUT2D eigenvalue weighted by Gasteiger charge is 2.41. The highest BCUT2D eigenvalue weighted by atomic mass is 19.1. The molecule has 0 bridgehead atoms. The average Bonchev–Trinajstić information content (AvgIpc) is 2.99. The SMILES string of the molecule is CC[N@@+]1(c2ccnc(C)c2)N=C(Nc2cc(F)cc(OC)c2)N=C1CCO. The minimum Gasteiger partial charge on any atom is -0.497 e. The van der Waals surface area contributed by atoms with Crippen molar-refractivity contribution in [3.63, 3.8) is 0 Å². The number of quaternary nitrogens is 1. The lowest BCUT2D eigenvalue weighted by Gasteiger charge is -2.27. The summed E-state index contributed by atoms with van der Waals surface area (Å²) in [6.07, 6.45) is 2.10. The van der Waals surface area contributed by atoms with Crippen LogP contribution in [0.15, 0.2) is 46.6 Å². The zero-order valence-corrected chi connectivity index (χ0v) is 15.6. The molecule has 0 unspecified atom stereocenters. The highest BCUT2D eigenvalue weighted by Crippen LogP contribution is 2.30. The lowest BCUT2D eigenvalue weighted by molar-refractivity contribution is 0.300. The Balaban J connectivity index is 2.01. The molecule has 1 aliphatic rings. The number of amidine groups is 1. The molecule has 1 aromatic carbocycles. The van der Waals surface area contributed by atoms with E-state index in [9.17, 15) is 9.50 Å². The van der Waals surface area contributed by atoms with E-state index in [0.29, 0.717) is 36.2 Å². The molecule has 142 valence electrons. The third kappa shape index (κ3) is 3.81. The Labute approximate surface area is 157 Å². The van der Waals surface area contributed by atoms with Crippen molar-refractivity contribution < 1.29 is 14.2 Å². The second-order valence-corrected chi connectivity index (χ2v) is 6.17. The van der Waals surface area contributed by atoms with Crippen molar-refractivity contribution >= 4 is 23.2 Å². The van der Waals surface area contributed by atoms with Crippen molar-refractivity contribution in [1.82, 2.24) is 9.58 Å². The van der Waals surface area contributed by atoms with E-state index >= 15 is 0 Å². The first kappa shape index (κ1) is 18.9. The van der Waals surface area contributed by atoms with Gasteiger partial charge in [0.25, 0.3) is 5.96 Å². The van der Waals surface area contributed by atoms with Gasteiger partial charge in [0.15, 0.2) is 5.69 Å². The van der Waals surface area contributed by atoms with Gasteiger partial charge in [-0.3, -0.25) is 4.98 Å². The number of hydrogen-bond donors (Lipinski definition) is 2. The van der Waals surface area contributed by atoms with E-state index in [0.717, 1.165) is 11.4 Å². The van der Waals surface area contributed by atoms with Crippen LogP contribution in [0.4, 0.5) is 15.8 Å². The zero-order chi connectivity index (χ0) is 19.4. The molecule has 0 saturated carbocycles. The first-order valence-electron chi connectivity index (χ1n) is 8.73. The minimum atomic E-state index is -0.420. The zero-order valence-electron chi connectivity index (χ0n) is 15.6. The number of anilines is 1. The van der Waals surface area contributed by atoms with E-state index in [1.807, 2.05) is 26.0 Å². The Hall–Kier alpha value is -2.84. The van der Waals surface area contributed by atoms with Gasteiger partial charge in [-0.15, -0.1) is 4.59 Å². The number of rotatable bonds is 6. The molecule has 0 radical (unpaired) electrons. The van der Waals surface area contributed by atoms with Gasteiger partial charge < -0.3 is 15.2 Å². The summed E-state index contributed by atoms with van der Waals surface area (Å²) in [6, 6.07) is 8.16. The molecular weight excluding hydrogens is 349 g/mol. The van der Waals surface area contributed by atoms with Gasteiger partial charge in [-0.05, 0) is 25.0 Å². The second kappa shape index (κ2) is 7.81. The van der Waals surface area contributed by atoms with E-state index in [2.05, 4.69) is 15.3 Å². The summed E-state index contributed by atoms with van der Waals surface area (Å²) < 4.78 is 19.0. The van der Waals surface area contributed by atoms with Crippen LogP contribution in [0.1, 0.15) is 19.0 Å². The number of nitrogens with one attached hydrogen (secondary N) is 1. The Morgan fingerprint density at radius 3 is 2.74 bits per heavy atom. The van der Waals surface area contributed by atoms with Gasteiger partial charge in [-0.25, -0.2) is 4.39 Å². The average molecular weight is 372 g/mol. The number of pyridine rings is 1. The molecule has 2 heterocycles. The van der Waals surface area contributed by atoms with E-state index in [4.69, 9.17) is 9.84 Å². The summed E-state index contributed by atoms with van der Waals surface area (Å²) in [5.41, 5.74) is 2.26. The molecule has 0 aliphatic carbocycles. The number of aliphatic hydroxyl groups is 1. The number of guanidine groups is 1.